The average molecular weight is 239 g/mol. The van der Waals surface area contributed by atoms with E-state index in [0.29, 0.717) is 19.0 Å². The largest absolute Gasteiger partial charge is 0.355 e. The van der Waals surface area contributed by atoms with E-state index < -0.39 is 0 Å². The zero-order chi connectivity index (χ0) is 12.3. The second-order valence-corrected chi connectivity index (χ2v) is 4.83. The minimum absolute atomic E-state index is 0.00109. The molecule has 2 rings (SSSR count). The van der Waals surface area contributed by atoms with Gasteiger partial charge in [0.2, 0.25) is 11.8 Å². The molecule has 0 saturated carbocycles. The number of rotatable bonds is 3. The highest BCUT2D eigenvalue weighted by atomic mass is 16.2. The van der Waals surface area contributed by atoms with Gasteiger partial charge in [-0.15, -0.1) is 0 Å². The van der Waals surface area contributed by atoms with Crippen LogP contribution in [0.25, 0.3) is 0 Å². The molecule has 2 saturated heterocycles. The minimum atomic E-state index is -0.149. The van der Waals surface area contributed by atoms with Gasteiger partial charge in [0.1, 0.15) is 0 Å². The molecule has 0 aromatic heterocycles. The fourth-order valence-corrected chi connectivity index (χ4v) is 2.71. The molecule has 0 aromatic rings. The van der Waals surface area contributed by atoms with Crippen molar-refractivity contribution in [1.82, 2.24) is 15.5 Å². The molecule has 2 N–H and O–H groups in total. The predicted molar refractivity (Wildman–Crippen MR) is 64.4 cm³/mol. The lowest BCUT2D eigenvalue weighted by Gasteiger charge is -2.35. The molecule has 17 heavy (non-hydrogen) atoms. The van der Waals surface area contributed by atoms with Gasteiger partial charge in [-0.2, -0.15) is 0 Å². The number of amides is 2. The molecule has 2 unspecified atom stereocenters. The topological polar surface area (TPSA) is 61.4 Å². The third kappa shape index (κ3) is 2.77. The molecule has 2 aliphatic rings. The molecule has 0 aliphatic carbocycles. The molecule has 0 aromatic carbocycles. The highest BCUT2D eigenvalue weighted by Crippen LogP contribution is 2.17. The van der Waals surface area contributed by atoms with E-state index >= 15 is 0 Å². The summed E-state index contributed by atoms with van der Waals surface area (Å²) in [4.78, 5) is 25.4. The third-order valence-corrected chi connectivity index (χ3v) is 3.66. The summed E-state index contributed by atoms with van der Waals surface area (Å²) in [5.41, 5.74) is 0. The Hall–Kier alpha value is -1.10. The van der Waals surface area contributed by atoms with Crippen molar-refractivity contribution in [2.24, 2.45) is 5.92 Å². The molecule has 2 heterocycles. The number of nitrogens with one attached hydrogen (secondary N) is 2. The lowest BCUT2D eigenvalue weighted by Crippen LogP contribution is -2.50. The van der Waals surface area contributed by atoms with Gasteiger partial charge >= 0.3 is 0 Å². The van der Waals surface area contributed by atoms with Crippen molar-refractivity contribution in [2.75, 3.05) is 26.2 Å². The van der Waals surface area contributed by atoms with Crippen LogP contribution in [0.15, 0.2) is 0 Å². The number of hydrogen-bond acceptors (Lipinski definition) is 3. The molecular formula is C12H21N3O2. The standard InChI is InChI=1S/C12H21N3O2/c1-2-15(10-4-3-5-13-8-10)12(17)9-6-11(16)14-7-9/h9-10,13H,2-8H2,1H3,(H,14,16). The first-order chi connectivity index (χ1) is 8.22. The van der Waals surface area contributed by atoms with E-state index in [4.69, 9.17) is 0 Å². The molecule has 2 fully saturated rings. The first kappa shape index (κ1) is 12.4. The summed E-state index contributed by atoms with van der Waals surface area (Å²) in [6.07, 6.45) is 2.55. The molecular weight excluding hydrogens is 218 g/mol. The van der Waals surface area contributed by atoms with Crippen LogP contribution in [0.1, 0.15) is 26.2 Å². The van der Waals surface area contributed by atoms with Crippen molar-refractivity contribution in [1.29, 1.82) is 0 Å². The Labute approximate surface area is 102 Å². The maximum Gasteiger partial charge on any atom is 0.228 e. The summed E-state index contributed by atoms with van der Waals surface area (Å²) < 4.78 is 0. The van der Waals surface area contributed by atoms with Gasteiger partial charge < -0.3 is 15.5 Å². The summed E-state index contributed by atoms with van der Waals surface area (Å²) in [5, 5.41) is 6.06. The van der Waals surface area contributed by atoms with Gasteiger partial charge in [-0.3, -0.25) is 9.59 Å². The summed E-state index contributed by atoms with van der Waals surface area (Å²) in [6.45, 7) is 5.18. The van der Waals surface area contributed by atoms with Gasteiger partial charge in [0, 0.05) is 32.1 Å². The fourth-order valence-electron chi connectivity index (χ4n) is 2.71. The van der Waals surface area contributed by atoms with Crippen molar-refractivity contribution < 1.29 is 9.59 Å². The maximum atomic E-state index is 12.3. The number of likely N-dealkylation sites (N-methyl/N-ethyl adjacent to an activating group) is 1. The van der Waals surface area contributed by atoms with E-state index in [9.17, 15) is 9.59 Å². The Balaban J connectivity index is 1.96. The first-order valence-corrected chi connectivity index (χ1v) is 6.50. The smallest absolute Gasteiger partial charge is 0.228 e. The number of nitrogens with zero attached hydrogens (tertiary/aromatic N) is 1. The predicted octanol–water partition coefficient (Wildman–Crippen LogP) is -0.277. The van der Waals surface area contributed by atoms with Crippen LogP contribution < -0.4 is 10.6 Å². The van der Waals surface area contributed by atoms with Crippen LogP contribution in [0.4, 0.5) is 0 Å². The number of carbonyl (C=O) groups is 2. The van der Waals surface area contributed by atoms with E-state index in [0.717, 1.165) is 32.5 Å². The lowest BCUT2D eigenvalue weighted by atomic mass is 10.0. The van der Waals surface area contributed by atoms with Gasteiger partial charge in [0.05, 0.1) is 5.92 Å². The SMILES string of the molecule is CCN(C(=O)C1CNC(=O)C1)C1CCCNC1. The number of hydrogen-bond donors (Lipinski definition) is 2. The van der Waals surface area contributed by atoms with Gasteiger partial charge in [-0.1, -0.05) is 0 Å². The Bertz CT molecular complexity index is 300. The zero-order valence-electron chi connectivity index (χ0n) is 10.4. The summed E-state index contributed by atoms with van der Waals surface area (Å²) in [5.74, 6) is -0.00917. The second kappa shape index (κ2) is 5.49. The van der Waals surface area contributed by atoms with E-state index in [2.05, 4.69) is 10.6 Å². The van der Waals surface area contributed by atoms with E-state index in [-0.39, 0.29) is 17.7 Å². The van der Waals surface area contributed by atoms with Gasteiger partial charge in [-0.25, -0.2) is 0 Å². The molecule has 2 amide bonds. The van der Waals surface area contributed by atoms with Crippen molar-refractivity contribution in [3.63, 3.8) is 0 Å². The van der Waals surface area contributed by atoms with Crippen LogP contribution in [0, 0.1) is 5.92 Å². The van der Waals surface area contributed by atoms with Crippen LogP contribution >= 0.6 is 0 Å². The van der Waals surface area contributed by atoms with Crippen molar-refractivity contribution in [2.45, 2.75) is 32.2 Å². The highest BCUT2D eigenvalue weighted by Gasteiger charge is 2.33. The summed E-state index contributed by atoms with van der Waals surface area (Å²) in [6, 6.07) is 0.303. The second-order valence-electron chi connectivity index (χ2n) is 4.83. The van der Waals surface area contributed by atoms with Crippen molar-refractivity contribution in [3.8, 4) is 0 Å². The Morgan fingerprint density at radius 3 is 2.82 bits per heavy atom. The molecule has 0 bridgehead atoms. The highest BCUT2D eigenvalue weighted by molar-refractivity contribution is 5.89. The molecule has 5 nitrogen and oxygen atoms in total. The van der Waals surface area contributed by atoms with Gasteiger partial charge in [0.25, 0.3) is 0 Å². The zero-order valence-corrected chi connectivity index (χ0v) is 10.4. The van der Waals surface area contributed by atoms with Crippen LogP contribution in [-0.2, 0) is 9.59 Å². The fraction of sp³-hybridized carbons (Fsp3) is 0.833. The monoisotopic (exact) mass is 239 g/mol. The minimum Gasteiger partial charge on any atom is -0.355 e. The van der Waals surface area contributed by atoms with Gasteiger partial charge in [-0.05, 0) is 26.3 Å². The van der Waals surface area contributed by atoms with E-state index in [1.54, 1.807) is 0 Å². The van der Waals surface area contributed by atoms with Crippen LogP contribution in [0.2, 0.25) is 0 Å². The Morgan fingerprint density at radius 2 is 2.29 bits per heavy atom. The quantitative estimate of drug-likeness (QED) is 0.712. The molecule has 2 atom stereocenters. The first-order valence-electron chi connectivity index (χ1n) is 6.50. The lowest BCUT2D eigenvalue weighted by molar-refractivity contribution is -0.138. The Morgan fingerprint density at radius 1 is 1.47 bits per heavy atom. The maximum absolute atomic E-state index is 12.3. The molecule has 5 heteroatoms. The van der Waals surface area contributed by atoms with E-state index in [1.807, 2.05) is 11.8 Å². The molecule has 2 aliphatic heterocycles. The van der Waals surface area contributed by atoms with Gasteiger partial charge in [0.15, 0.2) is 0 Å². The van der Waals surface area contributed by atoms with Crippen LogP contribution in [-0.4, -0.2) is 48.9 Å². The third-order valence-electron chi connectivity index (χ3n) is 3.66. The summed E-state index contributed by atoms with van der Waals surface area (Å²) in [7, 11) is 0. The molecule has 0 radical (unpaired) electrons. The van der Waals surface area contributed by atoms with Crippen molar-refractivity contribution in [3.05, 3.63) is 0 Å². The average Bonchev–Trinajstić information content (AvgIpc) is 2.78. The van der Waals surface area contributed by atoms with Crippen LogP contribution in [0.3, 0.4) is 0 Å². The summed E-state index contributed by atoms with van der Waals surface area (Å²) >= 11 is 0. The van der Waals surface area contributed by atoms with E-state index in [1.165, 1.54) is 0 Å². The van der Waals surface area contributed by atoms with Crippen LogP contribution in [0.5, 0.6) is 0 Å². The van der Waals surface area contributed by atoms with Crippen molar-refractivity contribution >= 4 is 11.8 Å². The number of piperidine rings is 1. The number of carbonyl (C=O) groups excluding carboxylic acids is 2. The molecule has 0 spiro atoms. The Kier molecular flexibility index (Phi) is 3.99. The normalized spacial score (nSPS) is 28.9. The molecule has 96 valence electrons.